The van der Waals surface area contributed by atoms with Gasteiger partial charge in [-0.15, -0.1) is 0 Å². The first-order valence-electron chi connectivity index (χ1n) is 2.77. The van der Waals surface area contributed by atoms with Gasteiger partial charge in [0, 0.05) is 6.42 Å². The van der Waals surface area contributed by atoms with Gasteiger partial charge in [-0.3, -0.25) is 9.59 Å². The smallest absolute Gasteiger partial charge is 0.217 e. The minimum atomic E-state index is -0.618. The second-order valence-electron chi connectivity index (χ2n) is 1.92. The van der Waals surface area contributed by atoms with Gasteiger partial charge in [0.2, 0.25) is 10.6 Å². The molecule has 0 fully saturated rings. The van der Waals surface area contributed by atoms with Crippen LogP contribution in [0.5, 0.6) is 0 Å². The summed E-state index contributed by atoms with van der Waals surface area (Å²) in [5.41, 5.74) is 10.1. The van der Waals surface area contributed by atoms with Crippen LogP contribution in [-0.4, -0.2) is 16.6 Å². The van der Waals surface area contributed by atoms with Crippen LogP contribution in [0.1, 0.15) is 12.8 Å². The van der Waals surface area contributed by atoms with Crippen LogP contribution in [0.25, 0.3) is 0 Å². The maximum atomic E-state index is 10.4. The molecule has 0 aromatic heterocycles. The van der Waals surface area contributed by atoms with E-state index in [0.717, 1.165) is 0 Å². The van der Waals surface area contributed by atoms with E-state index in [0.29, 0.717) is 6.42 Å². The standard InChI is InChI=1S/C5H9BrN2O2/c6-5(10)3(7)1-2-4(8)9/h3H,1-2,7H2,(H2,8,9)/t3-/m0/s1. The third-order valence-electron chi connectivity index (χ3n) is 0.993. The molecule has 0 aromatic carbocycles. The Bertz CT molecular complexity index is 149. The quantitative estimate of drug-likeness (QED) is 0.612. The predicted molar refractivity (Wildman–Crippen MR) is 40.3 cm³/mol. The molecule has 0 spiro atoms. The van der Waals surface area contributed by atoms with Gasteiger partial charge in [0.25, 0.3) is 0 Å². The maximum absolute atomic E-state index is 10.4. The summed E-state index contributed by atoms with van der Waals surface area (Å²) in [6.45, 7) is 0. The summed E-state index contributed by atoms with van der Waals surface area (Å²) < 4.78 is -0.297. The van der Waals surface area contributed by atoms with Crippen LogP contribution < -0.4 is 11.5 Å². The molecular weight excluding hydrogens is 200 g/mol. The highest BCUT2D eigenvalue weighted by molar-refractivity contribution is 9.18. The number of halogens is 1. The summed E-state index contributed by atoms with van der Waals surface area (Å²) >= 11 is 2.67. The summed E-state index contributed by atoms with van der Waals surface area (Å²) in [5, 5.41) is 0. The van der Waals surface area contributed by atoms with Gasteiger partial charge in [-0.25, -0.2) is 0 Å². The molecule has 0 saturated carbocycles. The SMILES string of the molecule is NC(=O)CC[C@H](N)C(=O)Br. The Kier molecular flexibility index (Phi) is 4.22. The van der Waals surface area contributed by atoms with Crippen LogP contribution in [0.4, 0.5) is 0 Å². The van der Waals surface area contributed by atoms with Crippen molar-refractivity contribution in [2.75, 3.05) is 0 Å². The molecule has 0 aliphatic heterocycles. The van der Waals surface area contributed by atoms with Gasteiger partial charge in [-0.1, -0.05) is 0 Å². The molecule has 5 heteroatoms. The van der Waals surface area contributed by atoms with Crippen molar-refractivity contribution in [1.82, 2.24) is 0 Å². The van der Waals surface area contributed by atoms with Crippen molar-refractivity contribution in [1.29, 1.82) is 0 Å². The molecule has 0 aliphatic carbocycles. The molecule has 58 valence electrons. The highest BCUT2D eigenvalue weighted by Crippen LogP contribution is 1.98. The van der Waals surface area contributed by atoms with Gasteiger partial charge < -0.3 is 11.5 Å². The zero-order valence-corrected chi connectivity index (χ0v) is 6.93. The lowest BCUT2D eigenvalue weighted by Gasteiger charge is -2.02. The van der Waals surface area contributed by atoms with Crippen LogP contribution in [0.15, 0.2) is 0 Å². The van der Waals surface area contributed by atoms with Crippen molar-refractivity contribution in [2.24, 2.45) is 11.5 Å². The molecule has 4 nitrogen and oxygen atoms in total. The maximum Gasteiger partial charge on any atom is 0.217 e. The number of amides is 1. The van der Waals surface area contributed by atoms with E-state index in [1.807, 2.05) is 0 Å². The predicted octanol–water partition coefficient (Wildman–Crippen LogP) is -0.499. The summed E-state index contributed by atoms with van der Waals surface area (Å²) in [6, 6.07) is -0.618. The van der Waals surface area contributed by atoms with Gasteiger partial charge in [0.05, 0.1) is 6.04 Å². The number of nitrogens with two attached hydrogens (primary N) is 2. The Morgan fingerprint density at radius 3 is 2.30 bits per heavy atom. The van der Waals surface area contributed by atoms with E-state index in [2.05, 4.69) is 15.9 Å². The third-order valence-corrected chi connectivity index (χ3v) is 1.58. The lowest BCUT2D eigenvalue weighted by atomic mass is 10.2. The van der Waals surface area contributed by atoms with Crippen LogP contribution in [0, 0.1) is 0 Å². The number of hydrogen-bond donors (Lipinski definition) is 2. The topological polar surface area (TPSA) is 86.2 Å². The second kappa shape index (κ2) is 4.40. The first kappa shape index (κ1) is 9.58. The average Bonchev–Trinajstić information content (AvgIpc) is 1.82. The molecule has 0 rings (SSSR count). The Labute approximate surface area is 67.1 Å². The summed E-state index contributed by atoms with van der Waals surface area (Å²) in [7, 11) is 0. The van der Waals surface area contributed by atoms with E-state index in [4.69, 9.17) is 11.5 Å². The van der Waals surface area contributed by atoms with Crippen molar-refractivity contribution in [3.05, 3.63) is 0 Å². The fourth-order valence-electron chi connectivity index (χ4n) is 0.411. The van der Waals surface area contributed by atoms with E-state index in [1.165, 1.54) is 0 Å². The molecule has 4 N–H and O–H groups in total. The molecule has 1 amide bonds. The number of rotatable bonds is 4. The minimum absolute atomic E-state index is 0.151. The number of primary amides is 1. The van der Waals surface area contributed by atoms with Crippen molar-refractivity contribution < 1.29 is 9.59 Å². The van der Waals surface area contributed by atoms with Gasteiger partial charge in [0.1, 0.15) is 0 Å². The van der Waals surface area contributed by atoms with E-state index >= 15 is 0 Å². The third kappa shape index (κ3) is 4.46. The lowest BCUT2D eigenvalue weighted by molar-refractivity contribution is -0.118. The highest BCUT2D eigenvalue weighted by Gasteiger charge is 2.09. The van der Waals surface area contributed by atoms with Crippen LogP contribution in [0.2, 0.25) is 0 Å². The van der Waals surface area contributed by atoms with Crippen LogP contribution in [-0.2, 0) is 9.59 Å². The molecule has 0 radical (unpaired) electrons. The average molecular weight is 209 g/mol. The first-order valence-corrected chi connectivity index (χ1v) is 3.56. The second-order valence-corrected chi connectivity index (χ2v) is 2.70. The fraction of sp³-hybridized carbons (Fsp3) is 0.600. The monoisotopic (exact) mass is 208 g/mol. The number of carbonyl (C=O) groups excluding carboxylic acids is 2. The number of hydrogen-bond acceptors (Lipinski definition) is 3. The van der Waals surface area contributed by atoms with Gasteiger partial charge in [0.15, 0.2) is 0 Å². The van der Waals surface area contributed by atoms with Crippen molar-refractivity contribution >= 4 is 26.5 Å². The Balaban J connectivity index is 3.49. The van der Waals surface area contributed by atoms with Crippen molar-refractivity contribution in [3.8, 4) is 0 Å². The van der Waals surface area contributed by atoms with Gasteiger partial charge in [-0.05, 0) is 22.4 Å². The zero-order chi connectivity index (χ0) is 8.15. The number of carbonyl (C=O) groups is 2. The minimum Gasteiger partial charge on any atom is -0.370 e. The van der Waals surface area contributed by atoms with E-state index < -0.39 is 11.9 Å². The molecule has 0 unspecified atom stereocenters. The fourth-order valence-corrected chi connectivity index (χ4v) is 0.640. The van der Waals surface area contributed by atoms with Gasteiger partial charge >= 0.3 is 0 Å². The molecule has 0 aromatic rings. The summed E-state index contributed by atoms with van der Waals surface area (Å²) in [6.07, 6.45) is 0.456. The molecule has 0 aliphatic rings. The van der Waals surface area contributed by atoms with Crippen molar-refractivity contribution in [3.63, 3.8) is 0 Å². The summed E-state index contributed by atoms with van der Waals surface area (Å²) in [4.78, 5) is 20.6. The first-order chi connectivity index (χ1) is 4.54. The largest absolute Gasteiger partial charge is 0.370 e. The van der Waals surface area contributed by atoms with Crippen LogP contribution >= 0.6 is 15.9 Å². The summed E-state index contributed by atoms with van der Waals surface area (Å²) in [5.74, 6) is -0.441. The molecule has 0 heterocycles. The molecule has 10 heavy (non-hydrogen) atoms. The van der Waals surface area contributed by atoms with Crippen molar-refractivity contribution in [2.45, 2.75) is 18.9 Å². The molecular formula is C5H9BrN2O2. The Morgan fingerprint density at radius 2 is 2.00 bits per heavy atom. The molecule has 1 atom stereocenters. The Morgan fingerprint density at radius 1 is 1.50 bits per heavy atom. The van der Waals surface area contributed by atoms with Gasteiger partial charge in [-0.2, -0.15) is 0 Å². The molecule has 0 bridgehead atoms. The van der Waals surface area contributed by atoms with E-state index in [9.17, 15) is 9.59 Å². The normalized spacial score (nSPS) is 12.6. The van der Waals surface area contributed by atoms with E-state index in [-0.39, 0.29) is 11.1 Å². The van der Waals surface area contributed by atoms with E-state index in [1.54, 1.807) is 0 Å². The lowest BCUT2D eigenvalue weighted by Crippen LogP contribution is -2.28. The van der Waals surface area contributed by atoms with Crippen LogP contribution in [0.3, 0.4) is 0 Å². The zero-order valence-electron chi connectivity index (χ0n) is 5.34. The highest BCUT2D eigenvalue weighted by atomic mass is 79.9. The molecule has 0 saturated heterocycles. The Hall–Kier alpha value is -0.420.